The van der Waals surface area contributed by atoms with Gasteiger partial charge < -0.3 is 20.4 Å². The van der Waals surface area contributed by atoms with E-state index in [1.165, 1.54) is 0 Å². The summed E-state index contributed by atoms with van der Waals surface area (Å²) >= 11 is 0. The largest absolute Gasteiger partial charge is 0.481 e. The Labute approximate surface area is 293 Å². The molecule has 0 heterocycles. The van der Waals surface area contributed by atoms with Gasteiger partial charge in [0.2, 0.25) is 0 Å². The average Bonchev–Trinajstić information content (AvgIpc) is 3.03. The van der Waals surface area contributed by atoms with E-state index >= 15 is 0 Å². The molecule has 1 unspecified atom stereocenters. The van der Waals surface area contributed by atoms with E-state index < -0.39 is 40.1 Å². The van der Waals surface area contributed by atoms with Crippen LogP contribution in [0.15, 0.2) is 0 Å². The number of carboxylic acids is 4. The molecule has 0 saturated carbocycles. The average molecular weight is 683 g/mol. The van der Waals surface area contributed by atoms with Crippen molar-refractivity contribution in [2.75, 3.05) is 0 Å². The van der Waals surface area contributed by atoms with Crippen molar-refractivity contribution >= 4 is 23.9 Å². The first-order valence-corrected chi connectivity index (χ1v) is 20.0. The van der Waals surface area contributed by atoms with Gasteiger partial charge in [0, 0.05) is 0 Å². The third-order valence-electron chi connectivity index (χ3n) is 11.1. The summed E-state index contributed by atoms with van der Waals surface area (Å²) in [5.41, 5.74) is -7.31. The number of rotatable bonds is 35. The van der Waals surface area contributed by atoms with Crippen LogP contribution in [0.2, 0.25) is 0 Å². The lowest BCUT2D eigenvalue weighted by atomic mass is 9.44. The van der Waals surface area contributed by atoms with Crippen molar-refractivity contribution in [1.29, 1.82) is 0 Å². The molecular formula is C40H74O8. The number of hydrogen-bond acceptors (Lipinski definition) is 4. The van der Waals surface area contributed by atoms with Crippen LogP contribution in [0, 0.1) is 16.2 Å². The fourth-order valence-corrected chi connectivity index (χ4v) is 8.26. The van der Waals surface area contributed by atoms with Gasteiger partial charge in [0.1, 0.15) is 5.41 Å². The molecule has 1 atom stereocenters. The van der Waals surface area contributed by atoms with E-state index in [0.717, 1.165) is 128 Å². The zero-order chi connectivity index (χ0) is 36.3. The molecule has 48 heavy (non-hydrogen) atoms. The topological polar surface area (TPSA) is 149 Å². The van der Waals surface area contributed by atoms with Crippen molar-refractivity contribution in [3.63, 3.8) is 0 Å². The van der Waals surface area contributed by atoms with Gasteiger partial charge in [-0.15, -0.1) is 0 Å². The highest BCUT2D eigenvalue weighted by molar-refractivity contribution is 6.20. The molecule has 4 N–H and O–H groups in total. The Bertz CT molecular complexity index is 832. The van der Waals surface area contributed by atoms with Crippen LogP contribution in [0.5, 0.6) is 0 Å². The van der Waals surface area contributed by atoms with Gasteiger partial charge in [0.05, 0.1) is 0 Å². The Morgan fingerprint density at radius 3 is 0.792 bits per heavy atom. The molecule has 282 valence electrons. The van der Waals surface area contributed by atoms with Crippen molar-refractivity contribution in [2.24, 2.45) is 16.2 Å². The van der Waals surface area contributed by atoms with E-state index in [4.69, 9.17) is 0 Å². The zero-order valence-corrected chi connectivity index (χ0v) is 31.4. The van der Waals surface area contributed by atoms with Gasteiger partial charge in [0.15, 0.2) is 0 Å². The molecule has 0 bridgehead atoms. The van der Waals surface area contributed by atoms with Gasteiger partial charge >= 0.3 is 23.9 Å². The second-order valence-electron chi connectivity index (χ2n) is 14.6. The maximum atomic E-state index is 14.0. The minimum absolute atomic E-state index is 0.275. The normalized spacial score (nSPS) is 13.3. The van der Waals surface area contributed by atoms with Crippen LogP contribution < -0.4 is 0 Å². The van der Waals surface area contributed by atoms with Crippen LogP contribution in [0.1, 0.15) is 214 Å². The van der Waals surface area contributed by atoms with Crippen LogP contribution in [-0.2, 0) is 19.2 Å². The monoisotopic (exact) mass is 683 g/mol. The van der Waals surface area contributed by atoms with Gasteiger partial charge in [-0.1, -0.05) is 188 Å². The number of carboxylic acid groups (broad SMARTS) is 4. The molecule has 0 aliphatic rings. The van der Waals surface area contributed by atoms with Crippen molar-refractivity contribution in [3.05, 3.63) is 0 Å². The predicted molar refractivity (Wildman–Crippen MR) is 194 cm³/mol. The molecule has 0 rings (SSSR count). The minimum atomic E-state index is -3.51. The Balaban J connectivity index is 7.25. The molecule has 0 radical (unpaired) electrons. The molecule has 0 aliphatic carbocycles. The van der Waals surface area contributed by atoms with E-state index in [9.17, 15) is 39.6 Å². The third kappa shape index (κ3) is 13.7. The molecule has 0 aromatic rings. The number of carbonyl (C=O) groups is 4. The summed E-state index contributed by atoms with van der Waals surface area (Å²) in [5.74, 6) is -7.81. The highest BCUT2D eigenvalue weighted by atomic mass is 16.4. The highest BCUT2D eigenvalue weighted by Gasteiger charge is 2.77. The first-order chi connectivity index (χ1) is 23.0. The maximum Gasteiger partial charge on any atom is 0.334 e. The number of unbranched alkanes of at least 4 members (excludes halogenated alkanes) is 21. The Morgan fingerprint density at radius 2 is 0.562 bits per heavy atom. The van der Waals surface area contributed by atoms with Crippen molar-refractivity contribution in [2.45, 2.75) is 214 Å². The van der Waals surface area contributed by atoms with Crippen LogP contribution in [0.4, 0.5) is 0 Å². The molecule has 0 amide bonds. The Kier molecular flexibility index (Phi) is 25.5. The molecule has 0 aromatic heterocycles. The lowest BCUT2D eigenvalue weighted by Crippen LogP contribution is -2.68. The van der Waals surface area contributed by atoms with E-state index in [2.05, 4.69) is 27.7 Å². The fraction of sp³-hybridized carbons (Fsp3) is 0.900. The Morgan fingerprint density at radius 1 is 0.333 bits per heavy atom. The summed E-state index contributed by atoms with van der Waals surface area (Å²) in [6.07, 6.45) is 23.5. The van der Waals surface area contributed by atoms with Crippen LogP contribution >= 0.6 is 0 Å². The molecule has 0 aromatic carbocycles. The van der Waals surface area contributed by atoms with E-state index in [1.807, 2.05) is 0 Å². The molecule has 0 spiro atoms. The summed E-state index contributed by atoms with van der Waals surface area (Å²) in [7, 11) is 0. The SMILES string of the molecule is CCCCCCCCCC(CCCCCCCC)(CCCCCCCC)C(CCCCCCCC)(C(=O)O)C(C(=O)O)(C(=O)O)C(=O)O. The second-order valence-corrected chi connectivity index (χ2v) is 14.6. The van der Waals surface area contributed by atoms with Crippen molar-refractivity contribution < 1.29 is 39.6 Å². The summed E-state index contributed by atoms with van der Waals surface area (Å²) in [6, 6.07) is 0. The smallest absolute Gasteiger partial charge is 0.334 e. The molecule has 0 fully saturated rings. The van der Waals surface area contributed by atoms with Gasteiger partial charge in [0.25, 0.3) is 5.41 Å². The van der Waals surface area contributed by atoms with Crippen LogP contribution in [0.3, 0.4) is 0 Å². The third-order valence-corrected chi connectivity index (χ3v) is 11.1. The van der Waals surface area contributed by atoms with E-state index in [-0.39, 0.29) is 12.8 Å². The van der Waals surface area contributed by atoms with Crippen molar-refractivity contribution in [3.8, 4) is 0 Å². The van der Waals surface area contributed by atoms with Gasteiger partial charge in [-0.05, 0) is 31.1 Å². The summed E-state index contributed by atoms with van der Waals surface area (Å²) in [4.78, 5) is 53.6. The van der Waals surface area contributed by atoms with Gasteiger partial charge in [-0.2, -0.15) is 0 Å². The second kappa shape index (κ2) is 26.7. The maximum absolute atomic E-state index is 14.0. The molecule has 0 saturated heterocycles. The first-order valence-electron chi connectivity index (χ1n) is 20.0. The molecule has 8 nitrogen and oxygen atoms in total. The number of aliphatic carboxylic acids is 4. The van der Waals surface area contributed by atoms with Crippen molar-refractivity contribution in [1.82, 2.24) is 0 Å². The predicted octanol–water partition coefficient (Wildman–Crippen LogP) is 11.7. The Hall–Kier alpha value is -2.12. The quantitative estimate of drug-likeness (QED) is 0.0381. The van der Waals surface area contributed by atoms with E-state index in [1.54, 1.807) is 0 Å². The molecule has 8 heteroatoms. The lowest BCUT2D eigenvalue weighted by Gasteiger charge is -2.54. The van der Waals surface area contributed by atoms with Gasteiger partial charge in [-0.3, -0.25) is 19.2 Å². The fourth-order valence-electron chi connectivity index (χ4n) is 8.26. The first kappa shape index (κ1) is 45.9. The highest BCUT2D eigenvalue weighted by Crippen LogP contribution is 2.63. The molecule has 0 aliphatic heterocycles. The summed E-state index contributed by atoms with van der Waals surface area (Å²) in [5, 5.41) is 43.4. The standard InChI is InChI=1S/C40H74O8/c1-5-9-13-17-21-24-28-32-38(30-26-22-18-14-10-6-2,31-27-23-19-15-11-7-3)39(34(41)42,33-29-25-20-16-12-8-4)40(35(43)44,36(45)46)37(47)48/h5-33H2,1-4H3,(H,41,42)(H,43,44)(H,45,46)(H,47,48). The minimum Gasteiger partial charge on any atom is -0.481 e. The van der Waals surface area contributed by atoms with Gasteiger partial charge in [-0.25, -0.2) is 0 Å². The zero-order valence-electron chi connectivity index (χ0n) is 31.4. The summed E-state index contributed by atoms with van der Waals surface area (Å²) < 4.78 is 0. The molecular weight excluding hydrogens is 608 g/mol. The van der Waals surface area contributed by atoms with Crippen LogP contribution in [0.25, 0.3) is 0 Å². The van der Waals surface area contributed by atoms with E-state index in [0.29, 0.717) is 44.9 Å². The summed E-state index contributed by atoms with van der Waals surface area (Å²) in [6.45, 7) is 8.54. The lowest BCUT2D eigenvalue weighted by molar-refractivity contribution is -0.212. The number of hydrogen-bond donors (Lipinski definition) is 4. The van der Waals surface area contributed by atoms with Crippen LogP contribution in [-0.4, -0.2) is 44.3 Å².